The van der Waals surface area contributed by atoms with E-state index < -0.39 is 0 Å². The highest BCUT2D eigenvalue weighted by Crippen LogP contribution is 2.27. The molecule has 0 bridgehead atoms. The topological polar surface area (TPSA) is 83.6 Å². The molecule has 1 amide bonds. The number of amides is 1. The first-order chi connectivity index (χ1) is 13.4. The average molecular weight is 392 g/mol. The van der Waals surface area contributed by atoms with Crippen molar-refractivity contribution in [2.45, 2.75) is 32.9 Å². The van der Waals surface area contributed by atoms with E-state index >= 15 is 0 Å². The van der Waals surface area contributed by atoms with Crippen molar-refractivity contribution in [2.24, 2.45) is 0 Å². The molecule has 142 valence electrons. The second kappa shape index (κ2) is 7.24. The molecule has 4 aromatic rings. The zero-order valence-electron chi connectivity index (χ0n) is 16.3. The number of aromatic amines is 1. The van der Waals surface area contributed by atoms with Crippen molar-refractivity contribution >= 4 is 45.4 Å². The van der Waals surface area contributed by atoms with Gasteiger partial charge in [0.15, 0.2) is 5.65 Å². The summed E-state index contributed by atoms with van der Waals surface area (Å²) in [5, 5.41) is 12.9. The SMILES string of the molecule is Cc1cc(C)c2[nH]c3nc(SCC(=O)Nc4ccc(C)c(C)c4)nnc3c2c1. The van der Waals surface area contributed by atoms with Crippen LogP contribution < -0.4 is 5.32 Å². The number of nitrogens with zero attached hydrogens (tertiary/aromatic N) is 3. The van der Waals surface area contributed by atoms with Crippen LogP contribution in [-0.4, -0.2) is 31.8 Å². The van der Waals surface area contributed by atoms with Gasteiger partial charge in [-0.2, -0.15) is 0 Å². The number of rotatable bonds is 4. The van der Waals surface area contributed by atoms with Crippen LogP contribution >= 0.6 is 11.8 Å². The smallest absolute Gasteiger partial charge is 0.234 e. The summed E-state index contributed by atoms with van der Waals surface area (Å²) in [6.07, 6.45) is 0. The van der Waals surface area contributed by atoms with Crippen molar-refractivity contribution in [1.82, 2.24) is 20.2 Å². The van der Waals surface area contributed by atoms with Gasteiger partial charge in [-0.25, -0.2) is 4.98 Å². The van der Waals surface area contributed by atoms with Crippen molar-refractivity contribution < 1.29 is 4.79 Å². The van der Waals surface area contributed by atoms with Crippen LogP contribution in [0.3, 0.4) is 0 Å². The maximum absolute atomic E-state index is 12.3. The fourth-order valence-electron chi connectivity index (χ4n) is 3.23. The lowest BCUT2D eigenvalue weighted by Crippen LogP contribution is -2.14. The molecule has 28 heavy (non-hydrogen) atoms. The Bertz CT molecular complexity index is 1210. The van der Waals surface area contributed by atoms with Crippen LogP contribution in [0.4, 0.5) is 5.69 Å². The summed E-state index contributed by atoms with van der Waals surface area (Å²) in [4.78, 5) is 20.1. The minimum atomic E-state index is -0.0972. The summed E-state index contributed by atoms with van der Waals surface area (Å²) >= 11 is 1.27. The highest BCUT2D eigenvalue weighted by Gasteiger charge is 2.13. The Morgan fingerprint density at radius 2 is 1.86 bits per heavy atom. The minimum absolute atomic E-state index is 0.0972. The molecule has 0 atom stereocenters. The van der Waals surface area contributed by atoms with E-state index in [0.29, 0.717) is 10.8 Å². The van der Waals surface area contributed by atoms with Crippen LogP contribution in [0.25, 0.3) is 22.1 Å². The lowest BCUT2D eigenvalue weighted by atomic mass is 10.1. The number of thioether (sulfide) groups is 1. The molecule has 2 heterocycles. The molecule has 0 fully saturated rings. The van der Waals surface area contributed by atoms with Gasteiger partial charge in [0.05, 0.1) is 11.3 Å². The molecule has 0 saturated carbocycles. The molecule has 7 heteroatoms. The second-order valence-electron chi connectivity index (χ2n) is 7.06. The van der Waals surface area contributed by atoms with Crippen LogP contribution in [-0.2, 0) is 4.79 Å². The van der Waals surface area contributed by atoms with E-state index in [9.17, 15) is 4.79 Å². The first kappa shape index (κ1) is 18.4. The predicted molar refractivity (Wildman–Crippen MR) is 114 cm³/mol. The van der Waals surface area contributed by atoms with E-state index in [1.807, 2.05) is 32.0 Å². The van der Waals surface area contributed by atoms with Gasteiger partial charge in [-0.3, -0.25) is 4.79 Å². The number of benzene rings is 2. The number of hydrogen-bond donors (Lipinski definition) is 2. The molecular formula is C21H21N5OS. The van der Waals surface area contributed by atoms with Crippen LogP contribution in [0.15, 0.2) is 35.5 Å². The van der Waals surface area contributed by atoms with Gasteiger partial charge in [-0.1, -0.05) is 29.5 Å². The zero-order chi connectivity index (χ0) is 19.8. The van der Waals surface area contributed by atoms with E-state index in [-0.39, 0.29) is 11.7 Å². The van der Waals surface area contributed by atoms with Gasteiger partial charge in [0.25, 0.3) is 0 Å². The molecule has 2 aromatic heterocycles. The van der Waals surface area contributed by atoms with Crippen LogP contribution in [0.1, 0.15) is 22.3 Å². The third-order valence-electron chi connectivity index (χ3n) is 4.77. The number of aryl methyl sites for hydroxylation is 4. The lowest BCUT2D eigenvalue weighted by molar-refractivity contribution is -0.113. The number of fused-ring (bicyclic) bond motifs is 3. The number of nitrogens with one attached hydrogen (secondary N) is 2. The Morgan fingerprint density at radius 3 is 2.64 bits per heavy atom. The highest BCUT2D eigenvalue weighted by molar-refractivity contribution is 7.99. The summed E-state index contributed by atoms with van der Waals surface area (Å²) in [5.74, 6) is 0.124. The molecule has 0 spiro atoms. The standard InChI is InChI=1S/C21H21N5OS/c1-11-7-14(4)18-16(8-11)19-20(23-18)24-21(26-25-19)28-10-17(27)22-15-6-5-12(2)13(3)9-15/h5-9H,10H2,1-4H3,(H,22,27)(H,23,24,26). The maximum Gasteiger partial charge on any atom is 0.234 e. The number of hydrogen-bond acceptors (Lipinski definition) is 5. The highest BCUT2D eigenvalue weighted by atomic mass is 32.2. The normalized spacial score (nSPS) is 11.3. The molecule has 0 aliphatic heterocycles. The van der Waals surface area contributed by atoms with E-state index in [2.05, 4.69) is 51.5 Å². The molecule has 0 unspecified atom stereocenters. The first-order valence-corrected chi connectivity index (χ1v) is 10.0. The summed E-state index contributed by atoms with van der Waals surface area (Å²) in [6, 6.07) is 10.1. The van der Waals surface area contributed by atoms with Crippen molar-refractivity contribution in [3.05, 3.63) is 52.6 Å². The van der Waals surface area contributed by atoms with Crippen LogP contribution in [0.2, 0.25) is 0 Å². The number of carbonyl (C=O) groups excluding carboxylic acids is 1. The molecule has 6 nitrogen and oxygen atoms in total. The Labute approximate surface area is 167 Å². The number of aromatic nitrogens is 4. The summed E-state index contributed by atoms with van der Waals surface area (Å²) in [6.45, 7) is 8.19. The van der Waals surface area contributed by atoms with Gasteiger partial charge in [-0.05, 0) is 62.6 Å². The van der Waals surface area contributed by atoms with Crippen molar-refractivity contribution in [2.75, 3.05) is 11.1 Å². The number of H-pyrrole nitrogens is 1. The molecule has 2 aromatic carbocycles. The third kappa shape index (κ3) is 3.57. The van der Waals surface area contributed by atoms with E-state index in [0.717, 1.165) is 33.2 Å². The molecule has 0 aliphatic carbocycles. The molecule has 4 rings (SSSR count). The third-order valence-corrected chi connectivity index (χ3v) is 5.61. The number of anilines is 1. The van der Waals surface area contributed by atoms with Crippen LogP contribution in [0.5, 0.6) is 0 Å². The van der Waals surface area contributed by atoms with Gasteiger partial charge in [0.1, 0.15) is 5.52 Å². The fourth-order valence-corrected chi connectivity index (χ4v) is 3.81. The Morgan fingerprint density at radius 1 is 1.04 bits per heavy atom. The summed E-state index contributed by atoms with van der Waals surface area (Å²) in [5.41, 5.74) is 7.94. The Hall–Kier alpha value is -2.93. The van der Waals surface area contributed by atoms with Crippen molar-refractivity contribution in [1.29, 1.82) is 0 Å². The molecule has 0 saturated heterocycles. The largest absolute Gasteiger partial charge is 0.337 e. The molecule has 0 aliphatic rings. The predicted octanol–water partition coefficient (Wildman–Crippen LogP) is 4.47. The average Bonchev–Trinajstić information content (AvgIpc) is 3.01. The number of carbonyl (C=O) groups is 1. The zero-order valence-corrected chi connectivity index (χ0v) is 17.1. The molecule has 2 N–H and O–H groups in total. The molecule has 0 radical (unpaired) electrons. The van der Waals surface area contributed by atoms with E-state index in [4.69, 9.17) is 0 Å². The van der Waals surface area contributed by atoms with Crippen molar-refractivity contribution in [3.8, 4) is 0 Å². The van der Waals surface area contributed by atoms with Crippen LogP contribution in [0, 0.1) is 27.7 Å². The first-order valence-electron chi connectivity index (χ1n) is 9.04. The van der Waals surface area contributed by atoms with Gasteiger partial charge in [0.2, 0.25) is 11.1 Å². The quantitative estimate of drug-likeness (QED) is 0.502. The van der Waals surface area contributed by atoms with Gasteiger partial charge < -0.3 is 10.3 Å². The van der Waals surface area contributed by atoms with E-state index in [1.54, 1.807) is 0 Å². The summed E-state index contributed by atoms with van der Waals surface area (Å²) < 4.78 is 0. The summed E-state index contributed by atoms with van der Waals surface area (Å²) in [7, 11) is 0. The van der Waals surface area contributed by atoms with Gasteiger partial charge in [0, 0.05) is 11.1 Å². The van der Waals surface area contributed by atoms with Gasteiger partial charge >= 0.3 is 0 Å². The second-order valence-corrected chi connectivity index (χ2v) is 8.00. The fraction of sp³-hybridized carbons (Fsp3) is 0.238. The monoisotopic (exact) mass is 391 g/mol. The van der Waals surface area contributed by atoms with E-state index in [1.165, 1.54) is 22.9 Å². The Balaban J connectivity index is 1.50. The Kier molecular flexibility index (Phi) is 4.77. The van der Waals surface area contributed by atoms with Gasteiger partial charge in [-0.15, -0.1) is 10.2 Å². The van der Waals surface area contributed by atoms with Crippen molar-refractivity contribution in [3.63, 3.8) is 0 Å². The lowest BCUT2D eigenvalue weighted by Gasteiger charge is -2.07. The maximum atomic E-state index is 12.3. The minimum Gasteiger partial charge on any atom is -0.337 e. The molecular weight excluding hydrogens is 370 g/mol.